The van der Waals surface area contributed by atoms with Gasteiger partial charge in [-0.15, -0.1) is 0 Å². The zero-order chi connectivity index (χ0) is 13.1. The second kappa shape index (κ2) is 5.51. The molecule has 1 aromatic rings. The number of hydrogen-bond acceptors (Lipinski definition) is 1. The number of rotatable bonds is 5. The summed E-state index contributed by atoms with van der Waals surface area (Å²) in [6.07, 6.45) is 3.31. The molecule has 3 heteroatoms. The normalized spacial score (nSPS) is 14.6. The van der Waals surface area contributed by atoms with Crippen molar-refractivity contribution in [2.45, 2.75) is 33.1 Å². The van der Waals surface area contributed by atoms with Gasteiger partial charge in [-0.3, -0.25) is 4.79 Å². The van der Waals surface area contributed by atoms with Crippen LogP contribution in [0.5, 0.6) is 0 Å². The quantitative estimate of drug-likeness (QED) is 0.783. The van der Waals surface area contributed by atoms with Crippen LogP contribution in [0.4, 0.5) is 4.39 Å². The number of carbonyl (C=O) groups excluding carboxylic acids is 1. The molecule has 1 saturated carbocycles. The summed E-state index contributed by atoms with van der Waals surface area (Å²) in [5.41, 5.74) is 1.13. The molecular formula is C15H20FNO. The molecule has 0 saturated heterocycles. The molecule has 2 rings (SSSR count). The van der Waals surface area contributed by atoms with E-state index >= 15 is 0 Å². The van der Waals surface area contributed by atoms with E-state index in [4.69, 9.17) is 0 Å². The van der Waals surface area contributed by atoms with E-state index in [9.17, 15) is 9.18 Å². The van der Waals surface area contributed by atoms with Gasteiger partial charge >= 0.3 is 0 Å². The fourth-order valence-electron chi connectivity index (χ4n) is 2.13. The van der Waals surface area contributed by atoms with Crippen LogP contribution in [0.25, 0.3) is 0 Å². The van der Waals surface area contributed by atoms with Gasteiger partial charge in [0.2, 0.25) is 0 Å². The summed E-state index contributed by atoms with van der Waals surface area (Å²) in [4.78, 5) is 14.2. The van der Waals surface area contributed by atoms with Crippen molar-refractivity contribution in [1.82, 2.24) is 4.90 Å². The lowest BCUT2D eigenvalue weighted by Gasteiger charge is -2.22. The van der Waals surface area contributed by atoms with Crippen molar-refractivity contribution >= 4 is 5.91 Å². The number of hydrogen-bond donors (Lipinski definition) is 0. The molecule has 98 valence electrons. The van der Waals surface area contributed by atoms with E-state index in [1.54, 1.807) is 17.0 Å². The van der Waals surface area contributed by atoms with Crippen molar-refractivity contribution in [2.75, 3.05) is 13.1 Å². The van der Waals surface area contributed by atoms with Gasteiger partial charge in [0, 0.05) is 13.1 Å². The van der Waals surface area contributed by atoms with E-state index in [0.717, 1.165) is 18.5 Å². The van der Waals surface area contributed by atoms with E-state index in [-0.39, 0.29) is 11.5 Å². The second-order valence-corrected chi connectivity index (χ2v) is 5.18. The number of halogens is 1. The predicted molar refractivity (Wildman–Crippen MR) is 70.1 cm³/mol. The monoisotopic (exact) mass is 249 g/mol. The summed E-state index contributed by atoms with van der Waals surface area (Å²) in [5.74, 6) is 0.0563. The minimum absolute atomic E-state index is 0.162. The molecule has 2 nitrogen and oxygen atoms in total. The van der Waals surface area contributed by atoms with Gasteiger partial charge in [0.15, 0.2) is 0 Å². The first-order valence-electron chi connectivity index (χ1n) is 6.67. The van der Waals surface area contributed by atoms with Crippen molar-refractivity contribution in [3.05, 3.63) is 35.1 Å². The number of amides is 1. The molecule has 1 aliphatic carbocycles. The SMILES string of the molecule is CCCN(CC1CC1)C(=O)c1cc(C)ccc1F. The summed E-state index contributed by atoms with van der Waals surface area (Å²) in [6, 6.07) is 4.72. The van der Waals surface area contributed by atoms with Gasteiger partial charge in [-0.25, -0.2) is 4.39 Å². The van der Waals surface area contributed by atoms with Crippen LogP contribution in [0.1, 0.15) is 42.1 Å². The van der Waals surface area contributed by atoms with Gasteiger partial charge in [-0.1, -0.05) is 18.6 Å². The van der Waals surface area contributed by atoms with Gasteiger partial charge in [-0.05, 0) is 44.2 Å². The Morgan fingerprint density at radius 1 is 1.44 bits per heavy atom. The number of aryl methyl sites for hydroxylation is 1. The molecule has 18 heavy (non-hydrogen) atoms. The Morgan fingerprint density at radius 2 is 2.17 bits per heavy atom. The summed E-state index contributed by atoms with van der Waals surface area (Å²) in [6.45, 7) is 5.41. The van der Waals surface area contributed by atoms with Gasteiger partial charge in [0.25, 0.3) is 5.91 Å². The molecule has 1 fully saturated rings. The maximum atomic E-state index is 13.7. The van der Waals surface area contributed by atoms with Crippen LogP contribution in [0.3, 0.4) is 0 Å². The number of nitrogens with zero attached hydrogens (tertiary/aromatic N) is 1. The molecule has 1 aromatic carbocycles. The molecule has 0 bridgehead atoms. The Kier molecular flexibility index (Phi) is 4.00. The third kappa shape index (κ3) is 3.09. The van der Waals surface area contributed by atoms with Crippen LogP contribution in [0.15, 0.2) is 18.2 Å². The molecular weight excluding hydrogens is 229 g/mol. The fraction of sp³-hybridized carbons (Fsp3) is 0.533. The largest absolute Gasteiger partial charge is 0.338 e. The fourth-order valence-corrected chi connectivity index (χ4v) is 2.13. The van der Waals surface area contributed by atoms with Crippen LogP contribution in [-0.4, -0.2) is 23.9 Å². The van der Waals surface area contributed by atoms with Crippen molar-refractivity contribution in [2.24, 2.45) is 5.92 Å². The lowest BCUT2D eigenvalue weighted by Crippen LogP contribution is -2.34. The van der Waals surface area contributed by atoms with Crippen molar-refractivity contribution in [3.8, 4) is 0 Å². The molecule has 0 radical (unpaired) electrons. The van der Waals surface area contributed by atoms with Crippen LogP contribution in [0, 0.1) is 18.7 Å². The first kappa shape index (κ1) is 13.1. The molecule has 0 atom stereocenters. The Balaban J connectivity index is 2.17. The molecule has 0 N–H and O–H groups in total. The maximum Gasteiger partial charge on any atom is 0.256 e. The highest BCUT2D eigenvalue weighted by Gasteiger charge is 2.27. The number of benzene rings is 1. The van der Waals surface area contributed by atoms with E-state index in [2.05, 4.69) is 0 Å². The average Bonchev–Trinajstić information content (AvgIpc) is 3.15. The molecule has 0 heterocycles. The highest BCUT2D eigenvalue weighted by molar-refractivity contribution is 5.94. The molecule has 0 aromatic heterocycles. The standard InChI is InChI=1S/C15H20FNO/c1-3-8-17(10-12-5-6-12)15(18)13-9-11(2)4-7-14(13)16/h4,7,9,12H,3,5-6,8,10H2,1-2H3. The van der Waals surface area contributed by atoms with E-state index in [1.165, 1.54) is 18.9 Å². The van der Waals surface area contributed by atoms with Gasteiger partial charge in [0.05, 0.1) is 5.56 Å². The van der Waals surface area contributed by atoms with Gasteiger partial charge < -0.3 is 4.90 Å². The minimum atomic E-state index is -0.414. The zero-order valence-electron chi connectivity index (χ0n) is 11.1. The lowest BCUT2D eigenvalue weighted by molar-refractivity contribution is 0.0743. The van der Waals surface area contributed by atoms with E-state index < -0.39 is 5.82 Å². The Bertz CT molecular complexity index is 440. The average molecular weight is 249 g/mol. The molecule has 0 aliphatic heterocycles. The Labute approximate surface area is 108 Å². The van der Waals surface area contributed by atoms with Gasteiger partial charge in [0.1, 0.15) is 5.82 Å². The highest BCUT2D eigenvalue weighted by atomic mass is 19.1. The Hall–Kier alpha value is -1.38. The first-order valence-corrected chi connectivity index (χ1v) is 6.67. The maximum absolute atomic E-state index is 13.7. The van der Waals surface area contributed by atoms with E-state index in [1.807, 2.05) is 13.8 Å². The highest BCUT2D eigenvalue weighted by Crippen LogP contribution is 2.30. The summed E-state index contributed by atoms with van der Waals surface area (Å²) in [7, 11) is 0. The van der Waals surface area contributed by atoms with E-state index in [0.29, 0.717) is 12.5 Å². The van der Waals surface area contributed by atoms with Crippen LogP contribution >= 0.6 is 0 Å². The predicted octanol–water partition coefficient (Wildman–Crippen LogP) is 3.40. The minimum Gasteiger partial charge on any atom is -0.338 e. The van der Waals surface area contributed by atoms with Crippen LogP contribution in [0.2, 0.25) is 0 Å². The summed E-state index contributed by atoms with van der Waals surface area (Å²) in [5, 5.41) is 0. The molecule has 0 unspecified atom stereocenters. The summed E-state index contributed by atoms with van der Waals surface area (Å²) < 4.78 is 13.7. The van der Waals surface area contributed by atoms with Crippen LogP contribution in [-0.2, 0) is 0 Å². The van der Waals surface area contributed by atoms with Crippen molar-refractivity contribution in [3.63, 3.8) is 0 Å². The third-order valence-corrected chi connectivity index (χ3v) is 3.31. The Morgan fingerprint density at radius 3 is 2.78 bits per heavy atom. The number of carbonyl (C=O) groups is 1. The van der Waals surface area contributed by atoms with Crippen LogP contribution < -0.4 is 0 Å². The zero-order valence-corrected chi connectivity index (χ0v) is 11.1. The summed E-state index contributed by atoms with van der Waals surface area (Å²) >= 11 is 0. The molecule has 1 aliphatic rings. The topological polar surface area (TPSA) is 20.3 Å². The second-order valence-electron chi connectivity index (χ2n) is 5.18. The van der Waals surface area contributed by atoms with Gasteiger partial charge in [-0.2, -0.15) is 0 Å². The van der Waals surface area contributed by atoms with Crippen molar-refractivity contribution in [1.29, 1.82) is 0 Å². The third-order valence-electron chi connectivity index (χ3n) is 3.31. The van der Waals surface area contributed by atoms with Crippen molar-refractivity contribution < 1.29 is 9.18 Å². The molecule has 0 spiro atoms. The molecule has 1 amide bonds. The lowest BCUT2D eigenvalue weighted by atomic mass is 10.1. The first-order chi connectivity index (χ1) is 8.61. The smallest absolute Gasteiger partial charge is 0.256 e.